The Balaban J connectivity index is 1.45. The molecule has 4 rings (SSSR count). The van der Waals surface area contributed by atoms with Crippen molar-refractivity contribution in [2.24, 2.45) is 0 Å². The molecule has 0 unspecified atom stereocenters. The number of amides is 2. The summed E-state index contributed by atoms with van der Waals surface area (Å²) in [7, 11) is 0. The molecular formula is C31H41ClN6O2. The molecule has 3 N–H and O–H groups in total. The first kappa shape index (κ1) is 29.5. The summed E-state index contributed by atoms with van der Waals surface area (Å²) >= 11 is 6.63. The number of anilines is 1. The lowest BCUT2D eigenvalue weighted by atomic mass is 9.92. The van der Waals surface area contributed by atoms with Gasteiger partial charge >= 0.3 is 6.03 Å². The molecule has 0 radical (unpaired) electrons. The highest BCUT2D eigenvalue weighted by Gasteiger charge is 2.24. The number of H-pyrrole nitrogens is 1. The maximum Gasteiger partial charge on any atom is 0.319 e. The molecular weight excluding hydrogens is 524 g/mol. The molecule has 0 saturated heterocycles. The predicted molar refractivity (Wildman–Crippen MR) is 163 cm³/mol. The van der Waals surface area contributed by atoms with Gasteiger partial charge in [0.15, 0.2) is 17.2 Å². The van der Waals surface area contributed by atoms with Crippen molar-refractivity contribution in [3.63, 3.8) is 0 Å². The van der Waals surface area contributed by atoms with Gasteiger partial charge in [-0.1, -0.05) is 102 Å². The Morgan fingerprint density at radius 1 is 1.00 bits per heavy atom. The van der Waals surface area contributed by atoms with Gasteiger partial charge in [0.1, 0.15) is 10.8 Å². The van der Waals surface area contributed by atoms with Crippen LogP contribution in [0.2, 0.25) is 5.02 Å². The lowest BCUT2D eigenvalue weighted by molar-refractivity contribution is 0.251. The lowest BCUT2D eigenvalue weighted by Crippen LogP contribution is -2.29. The third kappa shape index (κ3) is 7.78. The average Bonchev–Trinajstić information content (AvgIpc) is 3.48. The number of aromatic nitrogens is 4. The average molecular weight is 565 g/mol. The van der Waals surface area contributed by atoms with Gasteiger partial charge in [-0.15, -0.1) is 5.10 Å². The zero-order valence-corrected chi connectivity index (χ0v) is 24.8. The molecule has 4 aromatic rings. The van der Waals surface area contributed by atoms with Gasteiger partial charge in [0.05, 0.1) is 11.4 Å². The Hall–Kier alpha value is -3.52. The standard InChI is InChI=1S/C31H41ClN6O2/c1-5-6-7-8-9-10-11-15-20-33-30(39)34-24-21-22(18-19-25(24)40-23-16-13-12-14-17-23)28-35-29-26(32)27(31(2,3)4)36-38(29)37-28/h12-14,16-19,21,36H,5-11,15,20H2,1-4H3,(H2,33,34,39). The lowest BCUT2D eigenvalue weighted by Gasteiger charge is -2.16. The van der Waals surface area contributed by atoms with Crippen molar-refractivity contribution in [1.29, 1.82) is 0 Å². The molecule has 0 aliphatic rings. The minimum absolute atomic E-state index is 0.171. The van der Waals surface area contributed by atoms with Crippen LogP contribution in [0, 0.1) is 0 Å². The normalized spacial score (nSPS) is 11.6. The van der Waals surface area contributed by atoms with Gasteiger partial charge in [-0.05, 0) is 36.8 Å². The van der Waals surface area contributed by atoms with E-state index in [1.165, 1.54) is 38.5 Å². The molecule has 2 aromatic heterocycles. The number of rotatable bonds is 13. The molecule has 0 bridgehead atoms. The van der Waals surface area contributed by atoms with Gasteiger partial charge in [-0.2, -0.15) is 4.63 Å². The second-order valence-electron chi connectivity index (χ2n) is 11.2. The Morgan fingerprint density at radius 3 is 2.38 bits per heavy atom. The topological polar surface area (TPSA) is 96.3 Å². The minimum atomic E-state index is -0.277. The second kappa shape index (κ2) is 13.7. The van der Waals surface area contributed by atoms with Crippen molar-refractivity contribution in [3.05, 3.63) is 59.2 Å². The van der Waals surface area contributed by atoms with E-state index in [4.69, 9.17) is 16.3 Å². The van der Waals surface area contributed by atoms with Crippen molar-refractivity contribution in [2.45, 2.75) is 84.5 Å². The number of urea groups is 1. The molecule has 0 saturated carbocycles. The van der Waals surface area contributed by atoms with E-state index in [2.05, 4.69) is 53.5 Å². The van der Waals surface area contributed by atoms with Gasteiger partial charge in [-0.25, -0.2) is 9.78 Å². The van der Waals surface area contributed by atoms with Crippen LogP contribution >= 0.6 is 11.6 Å². The van der Waals surface area contributed by atoms with E-state index in [1.807, 2.05) is 48.5 Å². The molecule has 0 aliphatic heterocycles. The SMILES string of the molecule is CCCCCCCCCCNC(=O)Nc1cc(-c2nc3c(Cl)c(C(C)(C)C)[nH]n3n2)ccc1Oc1ccccc1. The fourth-order valence-corrected chi connectivity index (χ4v) is 4.96. The number of carbonyl (C=O) groups is 1. The van der Waals surface area contributed by atoms with E-state index in [0.29, 0.717) is 40.2 Å². The summed E-state index contributed by atoms with van der Waals surface area (Å²) < 4.78 is 7.69. The highest BCUT2D eigenvalue weighted by molar-refractivity contribution is 6.34. The first-order chi connectivity index (χ1) is 19.3. The van der Waals surface area contributed by atoms with Crippen molar-refractivity contribution in [1.82, 2.24) is 25.1 Å². The van der Waals surface area contributed by atoms with Gasteiger partial charge in [0.25, 0.3) is 0 Å². The second-order valence-corrected chi connectivity index (χ2v) is 11.6. The Bertz CT molecular complexity index is 1390. The summed E-state index contributed by atoms with van der Waals surface area (Å²) in [6.07, 6.45) is 9.74. The number of para-hydroxylation sites is 1. The molecule has 2 heterocycles. The number of hydrogen-bond acceptors (Lipinski definition) is 4. The number of benzene rings is 2. The number of unbranched alkanes of at least 4 members (excludes halogenated alkanes) is 7. The third-order valence-corrected chi connectivity index (χ3v) is 7.12. The molecule has 2 amide bonds. The molecule has 40 heavy (non-hydrogen) atoms. The first-order valence-electron chi connectivity index (χ1n) is 14.3. The molecule has 0 aliphatic carbocycles. The van der Waals surface area contributed by atoms with Crippen LogP contribution in [-0.4, -0.2) is 32.4 Å². The Kier molecular flexibility index (Phi) is 10.1. The fourth-order valence-electron chi connectivity index (χ4n) is 4.52. The van der Waals surface area contributed by atoms with Gasteiger partial charge in [0.2, 0.25) is 0 Å². The van der Waals surface area contributed by atoms with Crippen molar-refractivity contribution in [2.75, 3.05) is 11.9 Å². The highest BCUT2D eigenvalue weighted by Crippen LogP contribution is 2.35. The Morgan fingerprint density at radius 2 is 1.70 bits per heavy atom. The molecule has 8 nitrogen and oxygen atoms in total. The van der Waals surface area contributed by atoms with E-state index in [1.54, 1.807) is 4.63 Å². The van der Waals surface area contributed by atoms with Crippen molar-refractivity contribution < 1.29 is 9.53 Å². The Labute approximate surface area is 241 Å². The van der Waals surface area contributed by atoms with Crippen LogP contribution in [0.4, 0.5) is 10.5 Å². The number of fused-ring (bicyclic) bond motifs is 1. The molecule has 0 atom stereocenters. The number of nitrogens with one attached hydrogen (secondary N) is 3. The summed E-state index contributed by atoms with van der Waals surface area (Å²) in [5, 5.41) is 14.3. The highest BCUT2D eigenvalue weighted by atomic mass is 35.5. The fraction of sp³-hybridized carbons (Fsp3) is 0.452. The summed E-state index contributed by atoms with van der Waals surface area (Å²) in [6.45, 7) is 9.09. The number of hydrogen-bond donors (Lipinski definition) is 3. The molecule has 2 aromatic carbocycles. The largest absolute Gasteiger partial charge is 0.455 e. The van der Waals surface area contributed by atoms with Crippen LogP contribution in [0.25, 0.3) is 17.0 Å². The van der Waals surface area contributed by atoms with E-state index in [0.717, 1.165) is 24.1 Å². The van der Waals surface area contributed by atoms with Gasteiger partial charge < -0.3 is 15.4 Å². The number of carbonyl (C=O) groups excluding carboxylic acids is 1. The van der Waals surface area contributed by atoms with Crippen molar-refractivity contribution >= 4 is 29.0 Å². The number of nitrogens with zero attached hydrogens (tertiary/aromatic N) is 3. The van der Waals surface area contributed by atoms with E-state index in [-0.39, 0.29) is 11.4 Å². The molecule has 214 valence electrons. The smallest absolute Gasteiger partial charge is 0.319 e. The number of aromatic amines is 1. The zero-order valence-electron chi connectivity index (χ0n) is 24.0. The minimum Gasteiger partial charge on any atom is -0.455 e. The van der Waals surface area contributed by atoms with Crippen molar-refractivity contribution in [3.8, 4) is 22.9 Å². The van der Waals surface area contributed by atoms with E-state index >= 15 is 0 Å². The maximum atomic E-state index is 12.8. The van der Waals surface area contributed by atoms with Crippen LogP contribution in [0.5, 0.6) is 11.5 Å². The number of halogens is 1. The zero-order chi connectivity index (χ0) is 28.5. The van der Waals surface area contributed by atoms with Gasteiger partial charge in [-0.3, -0.25) is 5.10 Å². The summed E-state index contributed by atoms with van der Waals surface area (Å²) in [5.41, 5.74) is 2.51. The third-order valence-electron chi connectivity index (χ3n) is 6.76. The number of ether oxygens (including phenoxy) is 1. The molecule has 0 fully saturated rings. The first-order valence-corrected chi connectivity index (χ1v) is 14.7. The van der Waals surface area contributed by atoms with Crippen LogP contribution in [0.3, 0.4) is 0 Å². The summed E-state index contributed by atoms with van der Waals surface area (Å²) in [5.74, 6) is 1.69. The van der Waals surface area contributed by atoms with Crippen LogP contribution in [0.15, 0.2) is 48.5 Å². The van der Waals surface area contributed by atoms with E-state index < -0.39 is 0 Å². The maximum absolute atomic E-state index is 12.8. The summed E-state index contributed by atoms with van der Waals surface area (Å²) in [6, 6.07) is 14.7. The van der Waals surface area contributed by atoms with Crippen LogP contribution in [-0.2, 0) is 5.41 Å². The van der Waals surface area contributed by atoms with E-state index in [9.17, 15) is 4.79 Å². The van der Waals surface area contributed by atoms with Crippen LogP contribution in [0.1, 0.15) is 84.8 Å². The van der Waals surface area contributed by atoms with Gasteiger partial charge in [0, 0.05) is 17.5 Å². The molecule has 9 heteroatoms. The summed E-state index contributed by atoms with van der Waals surface area (Å²) in [4.78, 5) is 17.5. The quantitative estimate of drug-likeness (QED) is 0.141. The monoisotopic (exact) mass is 564 g/mol. The molecule has 0 spiro atoms. The van der Waals surface area contributed by atoms with Crippen LogP contribution < -0.4 is 15.4 Å². The predicted octanol–water partition coefficient (Wildman–Crippen LogP) is 8.73.